The zero-order valence-electron chi connectivity index (χ0n) is 40.1. The van der Waals surface area contributed by atoms with Crippen LogP contribution in [0.3, 0.4) is 0 Å². The molecule has 15 nitrogen and oxygen atoms in total. The van der Waals surface area contributed by atoms with Gasteiger partial charge in [0.1, 0.15) is 12.1 Å². The first-order valence-corrected chi connectivity index (χ1v) is 27.0. The van der Waals surface area contributed by atoms with Gasteiger partial charge in [0.15, 0.2) is 18.5 Å². The summed E-state index contributed by atoms with van der Waals surface area (Å²) in [6.45, 7) is 5.65. The number of nitrogens with one attached hydrogen (secondary N) is 1. The number of hydrogen-bond donors (Lipinski definition) is 7. The van der Waals surface area contributed by atoms with Crippen LogP contribution >= 0.6 is 7.82 Å². The van der Waals surface area contributed by atoms with Crippen LogP contribution in [0, 0.1) is 0 Å². The molecule has 64 heavy (non-hydrogen) atoms. The van der Waals surface area contributed by atoms with Crippen molar-refractivity contribution < 1.29 is 67.9 Å². The fourth-order valence-electron chi connectivity index (χ4n) is 8.33. The Balaban J connectivity index is 3.09. The predicted octanol–water partition coefficient (Wildman–Crippen LogP) is 9.14. The van der Waals surface area contributed by atoms with E-state index in [0.29, 0.717) is 38.5 Å². The summed E-state index contributed by atoms with van der Waals surface area (Å²) in [4.78, 5) is 59.9. The number of amides is 1. The van der Waals surface area contributed by atoms with E-state index >= 15 is 0 Å². The molecule has 16 heteroatoms. The molecule has 378 valence electrons. The minimum absolute atomic E-state index is 0.314. The van der Waals surface area contributed by atoms with Crippen molar-refractivity contribution in [3.8, 4) is 0 Å². The smallest absolute Gasteiger partial charge is 0.456 e. The largest absolute Gasteiger partial charge is 0.472 e. The van der Waals surface area contributed by atoms with Crippen LogP contribution in [0.5, 0.6) is 0 Å². The van der Waals surface area contributed by atoms with Crippen molar-refractivity contribution in [2.45, 2.75) is 282 Å². The number of hydrogen-bond acceptors (Lipinski definition) is 12. The summed E-state index contributed by atoms with van der Waals surface area (Å²) in [5.74, 6) is -2.66. The van der Waals surface area contributed by atoms with Crippen molar-refractivity contribution in [1.82, 2.24) is 5.32 Å². The zero-order chi connectivity index (χ0) is 47.4. The number of aliphatic hydroxyl groups excluding tert-OH is 4. The second-order valence-electron chi connectivity index (χ2n) is 18.2. The first-order valence-electron chi connectivity index (χ1n) is 25.5. The Morgan fingerprint density at radius 1 is 0.531 bits per heavy atom. The highest BCUT2D eigenvalue weighted by molar-refractivity contribution is 7.46. The molecule has 1 heterocycles. The number of aliphatic hydroxyl groups is 4. The van der Waals surface area contributed by atoms with E-state index < -0.39 is 100 Å². The lowest BCUT2D eigenvalue weighted by molar-refractivity contribution is -0.260. The molecule has 0 aromatic heterocycles. The minimum Gasteiger partial charge on any atom is -0.456 e. The molecule has 7 N–H and O–H groups in total. The number of ether oxygens (including phenoxy) is 3. The number of unbranched alkanes of at least 4 members (excludes halogenated alkanes) is 24. The Morgan fingerprint density at radius 2 is 0.859 bits per heavy atom. The maximum absolute atomic E-state index is 13.5. The average Bonchev–Trinajstić information content (AvgIpc) is 3.23. The van der Waals surface area contributed by atoms with Gasteiger partial charge >= 0.3 is 19.8 Å². The molecule has 0 saturated carbocycles. The van der Waals surface area contributed by atoms with E-state index in [0.717, 1.165) is 77.0 Å². The van der Waals surface area contributed by atoms with E-state index in [9.17, 15) is 49.2 Å². The average molecular weight is 938 g/mol. The Labute approximate surface area is 386 Å². The highest BCUT2D eigenvalue weighted by Crippen LogP contribution is 2.41. The van der Waals surface area contributed by atoms with Gasteiger partial charge in [-0.15, -0.1) is 0 Å². The lowest BCUT2D eigenvalue weighted by atomic mass is 9.95. The molecular formula is C48H92NO14P. The summed E-state index contributed by atoms with van der Waals surface area (Å²) in [6, 6.07) is -1.70. The number of esters is 2. The molecule has 0 aromatic rings. The van der Waals surface area contributed by atoms with Gasteiger partial charge in [-0.2, -0.15) is 0 Å². The Morgan fingerprint density at radius 3 is 1.20 bits per heavy atom. The summed E-state index contributed by atoms with van der Waals surface area (Å²) >= 11 is 0. The molecule has 0 aromatic carbocycles. The van der Waals surface area contributed by atoms with Crippen LogP contribution < -0.4 is 5.32 Å². The standard InChI is InChI=1S/C48H92NO14P/c1-4-7-10-13-16-19-22-25-28-31-38(51)34-42(54)49-45-47(62-44(56)36-40(53)33-30-27-24-21-18-15-12-9-6-3)46(41(37-50)60-48(45)63-64(57,58)59)61-43(55)35-39(52)32-29-26-23-20-17-14-11-8-5-2/h38-41,45-48,50-53H,4-37H2,1-3H3,(H,49,54)(H2,57,58,59)/t38-,39-,40-,41?,45+,46-,47?,48+/m1/s1. The van der Waals surface area contributed by atoms with Crippen LogP contribution in [0.25, 0.3) is 0 Å². The fourth-order valence-corrected chi connectivity index (χ4v) is 8.78. The van der Waals surface area contributed by atoms with Crippen LogP contribution in [0.15, 0.2) is 0 Å². The third-order valence-corrected chi connectivity index (χ3v) is 12.6. The van der Waals surface area contributed by atoms with E-state index in [2.05, 4.69) is 26.1 Å². The summed E-state index contributed by atoms with van der Waals surface area (Å²) in [5.41, 5.74) is 0. The van der Waals surface area contributed by atoms with Gasteiger partial charge in [-0.05, 0) is 19.3 Å². The molecule has 1 amide bonds. The van der Waals surface area contributed by atoms with E-state index in [-0.39, 0.29) is 0 Å². The third kappa shape index (κ3) is 31.3. The number of rotatable bonds is 42. The summed E-state index contributed by atoms with van der Waals surface area (Å²) in [6.07, 6.45) is 18.6. The van der Waals surface area contributed by atoms with Gasteiger partial charge in [0.2, 0.25) is 5.91 Å². The van der Waals surface area contributed by atoms with Gasteiger partial charge in [-0.25, -0.2) is 4.57 Å². The van der Waals surface area contributed by atoms with Crippen LogP contribution in [0.2, 0.25) is 0 Å². The maximum Gasteiger partial charge on any atom is 0.472 e. The third-order valence-electron chi connectivity index (χ3n) is 12.1. The lowest BCUT2D eigenvalue weighted by Gasteiger charge is -2.45. The molecule has 0 aliphatic carbocycles. The van der Waals surface area contributed by atoms with Crippen molar-refractivity contribution in [3.05, 3.63) is 0 Å². The zero-order valence-corrected chi connectivity index (χ0v) is 41.0. The molecule has 1 aliphatic heterocycles. The first kappa shape index (κ1) is 60.3. The summed E-state index contributed by atoms with van der Waals surface area (Å²) in [7, 11) is -5.34. The Kier molecular flexibility index (Phi) is 36.1. The lowest BCUT2D eigenvalue weighted by Crippen LogP contribution is -2.66. The molecular weight excluding hydrogens is 845 g/mol. The van der Waals surface area contributed by atoms with Crippen molar-refractivity contribution in [2.24, 2.45) is 0 Å². The maximum atomic E-state index is 13.5. The second kappa shape index (κ2) is 38.3. The van der Waals surface area contributed by atoms with Crippen molar-refractivity contribution in [1.29, 1.82) is 0 Å². The van der Waals surface area contributed by atoms with Gasteiger partial charge in [0.05, 0.1) is 44.2 Å². The summed E-state index contributed by atoms with van der Waals surface area (Å²) in [5, 5.41) is 45.2. The van der Waals surface area contributed by atoms with E-state index in [1.165, 1.54) is 77.0 Å². The van der Waals surface area contributed by atoms with Crippen LogP contribution in [-0.2, 0) is 37.7 Å². The van der Waals surface area contributed by atoms with Crippen LogP contribution in [0.4, 0.5) is 0 Å². The van der Waals surface area contributed by atoms with Crippen molar-refractivity contribution >= 4 is 25.7 Å². The Hall–Kier alpha value is -1.68. The number of carbonyl (C=O) groups excluding carboxylic acids is 3. The quantitative estimate of drug-likeness (QED) is 0.0172. The molecule has 8 atom stereocenters. The highest BCUT2D eigenvalue weighted by Gasteiger charge is 2.53. The molecule has 0 radical (unpaired) electrons. The fraction of sp³-hybridized carbons (Fsp3) is 0.938. The van der Waals surface area contributed by atoms with Crippen LogP contribution in [-0.4, -0.2) is 104 Å². The Bertz CT molecular complexity index is 1220. The van der Waals surface area contributed by atoms with E-state index in [1.807, 2.05) is 0 Å². The second-order valence-corrected chi connectivity index (χ2v) is 19.4. The van der Waals surface area contributed by atoms with E-state index in [4.69, 9.17) is 18.7 Å². The van der Waals surface area contributed by atoms with Crippen molar-refractivity contribution in [3.63, 3.8) is 0 Å². The van der Waals surface area contributed by atoms with Crippen LogP contribution in [0.1, 0.15) is 233 Å². The van der Waals surface area contributed by atoms with Gasteiger partial charge < -0.3 is 49.7 Å². The molecule has 0 spiro atoms. The number of carbonyl (C=O) groups is 3. The topological polar surface area (TPSA) is 239 Å². The molecule has 0 bridgehead atoms. The van der Waals surface area contributed by atoms with Gasteiger partial charge in [-0.1, -0.05) is 194 Å². The SMILES string of the molecule is CCCCCCCCCCC[C@@H](O)CC(=O)N[C@H]1C(OC(=O)C[C@H](O)CCCCCCCCCCC)[C@H](OC(=O)C[C@H](O)CCCCCCCCCCC)C(CO)O[C@H]1OP(=O)(O)O. The minimum atomic E-state index is -5.34. The summed E-state index contributed by atoms with van der Waals surface area (Å²) < 4.78 is 34.3. The highest BCUT2D eigenvalue weighted by atomic mass is 31.2. The molecule has 1 saturated heterocycles. The number of phosphoric ester groups is 1. The van der Waals surface area contributed by atoms with Gasteiger partial charge in [0, 0.05) is 0 Å². The normalized spacial score (nSPS) is 20.4. The number of phosphoric acid groups is 1. The molecule has 1 rings (SSSR count). The van der Waals surface area contributed by atoms with Gasteiger partial charge in [0.25, 0.3) is 0 Å². The molecule has 1 fully saturated rings. The van der Waals surface area contributed by atoms with Gasteiger partial charge in [-0.3, -0.25) is 18.9 Å². The monoisotopic (exact) mass is 938 g/mol. The predicted molar refractivity (Wildman–Crippen MR) is 248 cm³/mol. The first-order chi connectivity index (χ1) is 30.7. The van der Waals surface area contributed by atoms with E-state index in [1.54, 1.807) is 0 Å². The molecule has 2 unspecified atom stereocenters. The molecule has 1 aliphatic rings. The van der Waals surface area contributed by atoms with Crippen molar-refractivity contribution in [2.75, 3.05) is 6.61 Å².